The molecule has 90 valence electrons. The molecule has 2 atom stereocenters. The molecular formula is C11H18N2O3. The number of amides is 1. The summed E-state index contributed by atoms with van der Waals surface area (Å²) in [5.74, 6) is -1.97. The van der Waals surface area contributed by atoms with Crippen molar-refractivity contribution in [3.8, 4) is 0 Å². The molecular weight excluding hydrogens is 208 g/mol. The van der Waals surface area contributed by atoms with Crippen LogP contribution in [0.15, 0.2) is 0 Å². The average Bonchev–Trinajstić information content (AvgIpc) is 2.30. The van der Waals surface area contributed by atoms with Crippen LogP contribution in [0.5, 0.6) is 0 Å². The lowest BCUT2D eigenvalue weighted by atomic mass is 9.94. The first kappa shape index (κ1) is 11.4. The van der Waals surface area contributed by atoms with Crippen LogP contribution in [0, 0.1) is 5.92 Å². The highest BCUT2D eigenvalue weighted by atomic mass is 16.4. The van der Waals surface area contributed by atoms with Gasteiger partial charge in [0.1, 0.15) is 5.92 Å². The second kappa shape index (κ2) is 4.82. The number of carbonyl (C=O) groups excluding carboxylic acids is 1. The van der Waals surface area contributed by atoms with Crippen molar-refractivity contribution in [1.82, 2.24) is 10.2 Å². The lowest BCUT2D eigenvalue weighted by Gasteiger charge is -2.38. The van der Waals surface area contributed by atoms with E-state index in [-0.39, 0.29) is 11.9 Å². The van der Waals surface area contributed by atoms with Gasteiger partial charge in [0.25, 0.3) is 0 Å². The van der Waals surface area contributed by atoms with Crippen LogP contribution in [-0.2, 0) is 9.59 Å². The van der Waals surface area contributed by atoms with Crippen molar-refractivity contribution in [3.05, 3.63) is 0 Å². The number of carboxylic acid groups (broad SMARTS) is 1. The molecule has 2 aliphatic heterocycles. The Kier molecular flexibility index (Phi) is 3.43. The minimum absolute atomic E-state index is 0.188. The number of hydrogen-bond donors (Lipinski definition) is 2. The largest absolute Gasteiger partial charge is 0.481 e. The maximum Gasteiger partial charge on any atom is 0.316 e. The predicted octanol–water partition coefficient (Wildman–Crippen LogP) is 0.0616. The van der Waals surface area contributed by atoms with Crippen molar-refractivity contribution in [1.29, 1.82) is 0 Å². The highest BCUT2D eigenvalue weighted by Crippen LogP contribution is 2.22. The van der Waals surface area contributed by atoms with Gasteiger partial charge in [0, 0.05) is 19.1 Å². The molecule has 2 saturated heterocycles. The lowest BCUT2D eigenvalue weighted by molar-refractivity contribution is -0.155. The number of likely N-dealkylation sites (tertiary alicyclic amines) is 1. The van der Waals surface area contributed by atoms with Crippen LogP contribution >= 0.6 is 0 Å². The number of nitrogens with zero attached hydrogens (tertiary/aromatic N) is 1. The first-order chi connectivity index (χ1) is 7.70. The molecule has 2 aliphatic rings. The lowest BCUT2D eigenvalue weighted by Crippen LogP contribution is -2.54. The number of aliphatic carboxylic acids is 1. The van der Waals surface area contributed by atoms with Crippen LogP contribution in [0.4, 0.5) is 0 Å². The average molecular weight is 226 g/mol. The van der Waals surface area contributed by atoms with Crippen molar-refractivity contribution in [3.63, 3.8) is 0 Å². The summed E-state index contributed by atoms with van der Waals surface area (Å²) in [6.45, 7) is 2.52. The molecule has 2 heterocycles. The van der Waals surface area contributed by atoms with Gasteiger partial charge >= 0.3 is 5.97 Å². The standard InChI is InChI=1S/C11H18N2O3/c14-10-9(11(15)16)4-2-6-13(10)8-3-1-5-12-7-8/h8-9,12H,1-7H2,(H,15,16). The van der Waals surface area contributed by atoms with E-state index < -0.39 is 11.9 Å². The molecule has 0 aromatic carbocycles. The minimum atomic E-state index is -0.974. The molecule has 2 unspecified atom stereocenters. The summed E-state index contributed by atoms with van der Waals surface area (Å²) < 4.78 is 0. The van der Waals surface area contributed by atoms with Crippen molar-refractivity contribution in [2.75, 3.05) is 19.6 Å². The molecule has 16 heavy (non-hydrogen) atoms. The molecule has 0 aromatic rings. The van der Waals surface area contributed by atoms with Gasteiger partial charge in [0.2, 0.25) is 5.91 Å². The molecule has 0 aromatic heterocycles. The van der Waals surface area contributed by atoms with E-state index in [1.807, 2.05) is 0 Å². The van der Waals surface area contributed by atoms with Gasteiger partial charge in [-0.2, -0.15) is 0 Å². The van der Waals surface area contributed by atoms with Gasteiger partial charge < -0.3 is 15.3 Å². The first-order valence-electron chi connectivity index (χ1n) is 5.94. The van der Waals surface area contributed by atoms with Crippen LogP contribution in [0.3, 0.4) is 0 Å². The Morgan fingerprint density at radius 2 is 2.19 bits per heavy atom. The van der Waals surface area contributed by atoms with E-state index in [9.17, 15) is 9.59 Å². The summed E-state index contributed by atoms with van der Waals surface area (Å²) in [4.78, 5) is 24.7. The van der Waals surface area contributed by atoms with Crippen LogP contribution in [-0.4, -0.2) is 47.6 Å². The molecule has 2 N–H and O–H groups in total. The second-order valence-electron chi connectivity index (χ2n) is 4.56. The van der Waals surface area contributed by atoms with Gasteiger partial charge in [-0.3, -0.25) is 9.59 Å². The summed E-state index contributed by atoms with van der Waals surface area (Å²) in [5.41, 5.74) is 0. The van der Waals surface area contributed by atoms with Crippen molar-refractivity contribution >= 4 is 11.9 Å². The van der Waals surface area contributed by atoms with Crippen LogP contribution in [0.1, 0.15) is 25.7 Å². The summed E-state index contributed by atoms with van der Waals surface area (Å²) in [5, 5.41) is 12.2. The highest BCUT2D eigenvalue weighted by molar-refractivity contribution is 5.97. The number of carbonyl (C=O) groups is 2. The predicted molar refractivity (Wildman–Crippen MR) is 58.0 cm³/mol. The van der Waals surface area contributed by atoms with Crippen molar-refractivity contribution in [2.45, 2.75) is 31.7 Å². The number of piperidine rings is 2. The van der Waals surface area contributed by atoms with Crippen LogP contribution in [0.25, 0.3) is 0 Å². The van der Waals surface area contributed by atoms with Gasteiger partial charge in [0.15, 0.2) is 0 Å². The third kappa shape index (κ3) is 2.19. The third-order valence-electron chi connectivity index (χ3n) is 3.48. The fourth-order valence-corrected chi connectivity index (χ4v) is 2.59. The maximum absolute atomic E-state index is 12.0. The van der Waals surface area contributed by atoms with E-state index in [4.69, 9.17) is 5.11 Å². The quantitative estimate of drug-likeness (QED) is 0.653. The maximum atomic E-state index is 12.0. The van der Waals surface area contributed by atoms with E-state index in [1.165, 1.54) is 0 Å². The first-order valence-corrected chi connectivity index (χ1v) is 5.94. The zero-order valence-electron chi connectivity index (χ0n) is 9.32. The minimum Gasteiger partial charge on any atom is -0.481 e. The Morgan fingerprint density at radius 1 is 1.38 bits per heavy atom. The number of rotatable bonds is 2. The fourth-order valence-electron chi connectivity index (χ4n) is 2.59. The Bertz CT molecular complexity index is 287. The van der Waals surface area contributed by atoms with Gasteiger partial charge in [-0.15, -0.1) is 0 Å². The topological polar surface area (TPSA) is 69.6 Å². The summed E-state index contributed by atoms with van der Waals surface area (Å²) in [6, 6.07) is 0.198. The highest BCUT2D eigenvalue weighted by Gasteiger charge is 2.37. The Balaban J connectivity index is 2.03. The van der Waals surface area contributed by atoms with E-state index in [2.05, 4.69) is 5.32 Å². The molecule has 0 aliphatic carbocycles. The molecule has 5 heteroatoms. The smallest absolute Gasteiger partial charge is 0.316 e. The van der Waals surface area contributed by atoms with Crippen molar-refractivity contribution < 1.29 is 14.7 Å². The van der Waals surface area contributed by atoms with Crippen LogP contribution in [0.2, 0.25) is 0 Å². The molecule has 0 radical (unpaired) electrons. The summed E-state index contributed by atoms with van der Waals surface area (Å²) >= 11 is 0. The molecule has 0 bridgehead atoms. The SMILES string of the molecule is O=C(O)C1CCCN(C2CCCNC2)C1=O. The molecule has 0 spiro atoms. The fraction of sp³-hybridized carbons (Fsp3) is 0.818. The number of hydrogen-bond acceptors (Lipinski definition) is 3. The van der Waals surface area contributed by atoms with E-state index in [0.29, 0.717) is 6.42 Å². The molecule has 1 amide bonds. The normalized spacial score (nSPS) is 31.5. The number of nitrogens with one attached hydrogen (secondary N) is 1. The molecule has 5 nitrogen and oxygen atoms in total. The van der Waals surface area contributed by atoms with Gasteiger partial charge in [-0.25, -0.2) is 0 Å². The van der Waals surface area contributed by atoms with Gasteiger partial charge in [-0.1, -0.05) is 0 Å². The second-order valence-corrected chi connectivity index (χ2v) is 4.56. The molecule has 0 saturated carbocycles. The number of carboxylic acids is 1. The van der Waals surface area contributed by atoms with E-state index >= 15 is 0 Å². The van der Waals surface area contributed by atoms with E-state index in [0.717, 1.165) is 38.9 Å². The van der Waals surface area contributed by atoms with Gasteiger partial charge in [0.05, 0.1) is 0 Å². The zero-order chi connectivity index (χ0) is 11.5. The summed E-state index contributed by atoms with van der Waals surface area (Å²) in [6.07, 6.45) is 3.35. The van der Waals surface area contributed by atoms with E-state index in [1.54, 1.807) is 4.90 Å². The zero-order valence-corrected chi connectivity index (χ0v) is 9.32. The Labute approximate surface area is 94.8 Å². The van der Waals surface area contributed by atoms with Crippen molar-refractivity contribution in [2.24, 2.45) is 5.92 Å². The van der Waals surface area contributed by atoms with Gasteiger partial charge in [-0.05, 0) is 32.2 Å². The molecule has 2 fully saturated rings. The third-order valence-corrected chi connectivity index (χ3v) is 3.48. The van der Waals surface area contributed by atoms with Crippen LogP contribution < -0.4 is 5.32 Å². The Morgan fingerprint density at radius 3 is 2.81 bits per heavy atom. The Hall–Kier alpha value is -1.10. The summed E-state index contributed by atoms with van der Waals surface area (Å²) in [7, 11) is 0. The monoisotopic (exact) mass is 226 g/mol. The molecule has 2 rings (SSSR count).